The first-order valence-electron chi connectivity index (χ1n) is 4.43. The molecule has 2 heteroatoms. The summed E-state index contributed by atoms with van der Waals surface area (Å²) in [5.41, 5.74) is 0. The molecule has 1 nitrogen and oxygen atoms in total. The van der Waals surface area contributed by atoms with Gasteiger partial charge in [0.05, 0.1) is 6.26 Å². The van der Waals surface area contributed by atoms with E-state index in [1.165, 1.54) is 11.6 Å². The number of para-hydroxylation sites is 1. The summed E-state index contributed by atoms with van der Waals surface area (Å²) in [5, 5.41) is 1.24. The zero-order valence-corrected chi connectivity index (χ0v) is 9.50. The lowest BCUT2D eigenvalue weighted by Crippen LogP contribution is -1.98. The predicted molar refractivity (Wildman–Crippen MR) is 62.5 cm³/mol. The van der Waals surface area contributed by atoms with Crippen LogP contribution in [0.2, 0.25) is 0 Å². The monoisotopic (exact) mass is 196 g/mol. The third-order valence-electron chi connectivity index (χ3n) is 1.37. The van der Waals surface area contributed by atoms with Crippen molar-refractivity contribution in [3.05, 3.63) is 37.1 Å². The van der Waals surface area contributed by atoms with E-state index < -0.39 is 0 Å². The molecule has 0 saturated carbocycles. The van der Waals surface area contributed by atoms with Crippen LogP contribution >= 0.6 is 8.58 Å². The fourth-order valence-corrected chi connectivity index (χ4v) is 1.52. The normalized spacial score (nSPS) is 9.15. The van der Waals surface area contributed by atoms with E-state index in [2.05, 4.69) is 19.3 Å². The fraction of sp³-hybridized carbons (Fsp3) is 0.273. The van der Waals surface area contributed by atoms with Crippen molar-refractivity contribution >= 4 is 13.9 Å². The van der Waals surface area contributed by atoms with Gasteiger partial charge in [-0.1, -0.05) is 47.2 Å². The highest BCUT2D eigenvalue weighted by atomic mass is 31.1. The average molecular weight is 196 g/mol. The Hall–Kier alpha value is -0.810. The molecular formula is C11H17OP. The second kappa shape index (κ2) is 7.82. The van der Waals surface area contributed by atoms with Crippen LogP contribution in [0.25, 0.3) is 0 Å². The van der Waals surface area contributed by atoms with Crippen molar-refractivity contribution in [2.45, 2.75) is 13.8 Å². The molecule has 0 aromatic heterocycles. The third-order valence-corrected chi connectivity index (χ3v) is 2.32. The Balaban J connectivity index is 0.000000671. The van der Waals surface area contributed by atoms with E-state index in [1.54, 1.807) is 0 Å². The summed E-state index contributed by atoms with van der Waals surface area (Å²) in [7, 11) is 0.766. The Labute approximate surface area is 82.6 Å². The van der Waals surface area contributed by atoms with Gasteiger partial charge in [0.15, 0.2) is 0 Å². The Morgan fingerprint density at radius 3 is 2.46 bits per heavy atom. The van der Waals surface area contributed by atoms with Crippen LogP contribution in [-0.2, 0) is 0 Å². The summed E-state index contributed by atoms with van der Waals surface area (Å²) < 4.78 is 5.20. The maximum Gasteiger partial charge on any atom is 0.133 e. The van der Waals surface area contributed by atoms with Crippen molar-refractivity contribution in [2.24, 2.45) is 0 Å². The number of benzene rings is 1. The summed E-state index contributed by atoms with van der Waals surface area (Å²) in [4.78, 5) is 0. The van der Waals surface area contributed by atoms with Gasteiger partial charge in [-0.25, -0.2) is 0 Å². The molecule has 0 saturated heterocycles. The second-order valence-electron chi connectivity index (χ2n) is 2.03. The first-order valence-corrected chi connectivity index (χ1v) is 5.93. The van der Waals surface area contributed by atoms with Crippen LogP contribution in [0.4, 0.5) is 0 Å². The van der Waals surface area contributed by atoms with Crippen molar-refractivity contribution in [3.63, 3.8) is 0 Å². The SMILES string of the molecule is C=COc1ccccc1PC.CC. The molecule has 1 atom stereocenters. The molecule has 1 rings (SSSR count). The lowest BCUT2D eigenvalue weighted by Gasteiger charge is -2.04. The fourth-order valence-electron chi connectivity index (χ4n) is 0.866. The van der Waals surface area contributed by atoms with Gasteiger partial charge in [0, 0.05) is 5.30 Å². The molecule has 13 heavy (non-hydrogen) atoms. The Kier molecular flexibility index (Phi) is 7.33. The van der Waals surface area contributed by atoms with Gasteiger partial charge >= 0.3 is 0 Å². The van der Waals surface area contributed by atoms with Gasteiger partial charge in [0.25, 0.3) is 0 Å². The molecular weight excluding hydrogens is 179 g/mol. The summed E-state index contributed by atoms with van der Waals surface area (Å²) in [6.07, 6.45) is 1.46. The zero-order chi connectivity index (χ0) is 10.1. The minimum absolute atomic E-state index is 0.766. The summed E-state index contributed by atoms with van der Waals surface area (Å²) in [6, 6.07) is 8.00. The Morgan fingerprint density at radius 2 is 1.92 bits per heavy atom. The molecule has 0 N–H and O–H groups in total. The highest BCUT2D eigenvalue weighted by Gasteiger charge is 1.96. The maximum atomic E-state index is 5.20. The Morgan fingerprint density at radius 1 is 1.31 bits per heavy atom. The highest BCUT2D eigenvalue weighted by Crippen LogP contribution is 2.15. The minimum Gasteiger partial charge on any atom is -0.465 e. The molecule has 0 heterocycles. The van der Waals surface area contributed by atoms with Gasteiger partial charge in [-0.15, -0.1) is 0 Å². The predicted octanol–water partition coefficient (Wildman–Crippen LogP) is 3.17. The van der Waals surface area contributed by atoms with Crippen molar-refractivity contribution < 1.29 is 4.74 Å². The maximum absolute atomic E-state index is 5.20. The van der Waals surface area contributed by atoms with Crippen molar-refractivity contribution in [1.82, 2.24) is 0 Å². The number of hydrogen-bond donors (Lipinski definition) is 0. The van der Waals surface area contributed by atoms with Crippen molar-refractivity contribution in [3.8, 4) is 5.75 Å². The van der Waals surface area contributed by atoms with Gasteiger partial charge in [-0.3, -0.25) is 0 Å². The number of hydrogen-bond acceptors (Lipinski definition) is 1. The Bertz CT molecular complexity index is 246. The number of ether oxygens (including phenoxy) is 1. The van der Waals surface area contributed by atoms with Crippen LogP contribution in [0, 0.1) is 0 Å². The summed E-state index contributed by atoms with van der Waals surface area (Å²) >= 11 is 0. The minimum atomic E-state index is 0.766. The number of rotatable bonds is 3. The molecule has 0 spiro atoms. The van der Waals surface area contributed by atoms with Crippen molar-refractivity contribution in [1.29, 1.82) is 0 Å². The lowest BCUT2D eigenvalue weighted by atomic mass is 10.3. The van der Waals surface area contributed by atoms with Crippen LogP contribution in [0.1, 0.15) is 13.8 Å². The lowest BCUT2D eigenvalue weighted by molar-refractivity contribution is 0.487. The topological polar surface area (TPSA) is 9.23 Å². The van der Waals surface area contributed by atoms with Gasteiger partial charge in [0.2, 0.25) is 0 Å². The quantitative estimate of drug-likeness (QED) is 0.533. The van der Waals surface area contributed by atoms with Crippen molar-refractivity contribution in [2.75, 3.05) is 6.66 Å². The van der Waals surface area contributed by atoms with E-state index in [9.17, 15) is 0 Å². The third kappa shape index (κ3) is 4.10. The summed E-state index contributed by atoms with van der Waals surface area (Å²) in [6.45, 7) is 9.64. The largest absolute Gasteiger partial charge is 0.465 e. The molecule has 0 aliphatic rings. The molecule has 72 valence electrons. The van der Waals surface area contributed by atoms with Gasteiger partial charge in [-0.05, 0) is 12.7 Å². The first-order chi connectivity index (χ1) is 6.38. The van der Waals surface area contributed by atoms with Gasteiger partial charge in [-0.2, -0.15) is 0 Å². The van der Waals surface area contributed by atoms with Crippen LogP contribution in [-0.4, -0.2) is 6.66 Å². The van der Waals surface area contributed by atoms with E-state index in [0.717, 1.165) is 14.3 Å². The van der Waals surface area contributed by atoms with Crippen LogP contribution in [0.3, 0.4) is 0 Å². The highest BCUT2D eigenvalue weighted by molar-refractivity contribution is 7.46. The molecule has 1 aromatic rings. The average Bonchev–Trinajstić information content (AvgIpc) is 2.22. The van der Waals surface area contributed by atoms with Crippen LogP contribution < -0.4 is 10.0 Å². The molecule has 0 amide bonds. The van der Waals surface area contributed by atoms with E-state index >= 15 is 0 Å². The molecule has 0 fully saturated rings. The van der Waals surface area contributed by atoms with E-state index in [0.29, 0.717) is 0 Å². The summed E-state index contributed by atoms with van der Waals surface area (Å²) in [5.74, 6) is 0.920. The van der Waals surface area contributed by atoms with Gasteiger partial charge in [0.1, 0.15) is 5.75 Å². The van der Waals surface area contributed by atoms with Gasteiger partial charge < -0.3 is 4.74 Å². The molecule has 1 aromatic carbocycles. The van der Waals surface area contributed by atoms with E-state index in [4.69, 9.17) is 4.74 Å². The van der Waals surface area contributed by atoms with Crippen LogP contribution in [0.15, 0.2) is 37.1 Å². The second-order valence-corrected chi connectivity index (χ2v) is 3.07. The molecule has 0 radical (unpaired) electrons. The molecule has 0 aliphatic heterocycles. The van der Waals surface area contributed by atoms with E-state index in [1.807, 2.05) is 32.0 Å². The first kappa shape index (κ1) is 12.2. The molecule has 1 unspecified atom stereocenters. The van der Waals surface area contributed by atoms with E-state index in [-0.39, 0.29) is 0 Å². The van der Waals surface area contributed by atoms with Crippen LogP contribution in [0.5, 0.6) is 5.75 Å². The zero-order valence-electron chi connectivity index (χ0n) is 8.50. The molecule has 0 aliphatic carbocycles. The smallest absolute Gasteiger partial charge is 0.133 e. The standard InChI is InChI=1S/C9H11OP.C2H6/c1-3-10-8-6-4-5-7-9(8)11-2;1-2/h3-7,11H,1H2,2H3;1-2H3. The molecule has 0 bridgehead atoms.